The highest BCUT2D eigenvalue weighted by molar-refractivity contribution is 5.90. The topological polar surface area (TPSA) is 421 Å². The lowest BCUT2D eigenvalue weighted by molar-refractivity contribution is -0.499. The Balaban J connectivity index is 0.00000156. The summed E-state index contributed by atoms with van der Waals surface area (Å²) in [5, 5.41) is 58.3. The molecule has 8 N–H and O–H groups in total. The van der Waals surface area contributed by atoms with Crippen molar-refractivity contribution < 1.29 is 96.3 Å². The molecule has 2 amide bonds. The molecule has 9 rings (SSSR count). The molecule has 0 spiro atoms. The van der Waals surface area contributed by atoms with Gasteiger partial charge in [-0.2, -0.15) is 0 Å². The van der Waals surface area contributed by atoms with Crippen LogP contribution in [0.15, 0.2) is 157 Å². The molecule has 0 aromatic heterocycles. The van der Waals surface area contributed by atoms with Crippen molar-refractivity contribution in [2.75, 3.05) is 59.4 Å². The minimum atomic E-state index is -0.810. The van der Waals surface area contributed by atoms with E-state index < -0.39 is 58.4 Å². The summed E-state index contributed by atoms with van der Waals surface area (Å²) in [5.41, 5.74) is 6.21. The second-order valence-corrected chi connectivity index (χ2v) is 36.1. The number of carboxylic acid groups (broad SMARTS) is 2. The van der Waals surface area contributed by atoms with Crippen LogP contribution in [0.25, 0.3) is 0 Å². The number of carbonyl (C=O) groups is 8. The summed E-state index contributed by atoms with van der Waals surface area (Å²) in [5.74, 6) is -1.84. The predicted molar refractivity (Wildman–Crippen MR) is 508 cm³/mol. The number of hydrogen-bond donors (Lipinski definition) is 8. The highest BCUT2D eigenvalue weighted by atomic mass is 16.6. The van der Waals surface area contributed by atoms with E-state index in [2.05, 4.69) is 86.7 Å². The number of amides is 2. The van der Waals surface area contributed by atoms with E-state index in [-0.39, 0.29) is 95.8 Å². The molecule has 4 heterocycles. The van der Waals surface area contributed by atoms with Crippen molar-refractivity contribution in [3.63, 3.8) is 0 Å². The van der Waals surface area contributed by atoms with Gasteiger partial charge in [0.15, 0.2) is 0 Å². The van der Waals surface area contributed by atoms with Crippen LogP contribution in [0.5, 0.6) is 5.75 Å². The van der Waals surface area contributed by atoms with E-state index >= 15 is 0 Å². The number of ether oxygens (including phenoxy) is 8. The van der Waals surface area contributed by atoms with E-state index in [4.69, 9.17) is 48.8 Å². The highest BCUT2D eigenvalue weighted by Gasteiger charge is 2.44. The fourth-order valence-corrected chi connectivity index (χ4v) is 11.9. The van der Waals surface area contributed by atoms with Crippen molar-refractivity contribution in [3.05, 3.63) is 205 Å². The minimum absolute atomic E-state index is 0.0320. The normalized spacial score (nSPS) is 15.0. The summed E-state index contributed by atoms with van der Waals surface area (Å²) in [6, 6.07) is 45.2. The lowest BCUT2D eigenvalue weighted by Gasteiger charge is -2.43. The number of carboxylic acids is 2. The Morgan fingerprint density at radius 1 is 0.454 bits per heavy atom. The maximum atomic E-state index is 13.2. The molecule has 0 aliphatic carbocycles. The molecule has 0 unspecified atom stereocenters. The number of carbonyl (C=O) groups excluding carboxylic acids is 6. The third-order valence-corrected chi connectivity index (χ3v) is 19.2. The second kappa shape index (κ2) is 66.2. The minimum Gasteiger partial charge on any atom is -0.489 e. The van der Waals surface area contributed by atoms with Gasteiger partial charge in [-0.15, -0.1) is 0 Å². The number of ketones is 1. The van der Waals surface area contributed by atoms with Crippen LogP contribution in [-0.4, -0.2) is 179 Å². The quantitative estimate of drug-likeness (QED) is 0.00598. The van der Waals surface area contributed by atoms with E-state index in [0.717, 1.165) is 77.3 Å². The van der Waals surface area contributed by atoms with Gasteiger partial charge in [-0.05, 0) is 124 Å². The molecular weight excluding hydrogens is 1670 g/mol. The Hall–Kier alpha value is -10.2. The van der Waals surface area contributed by atoms with Gasteiger partial charge < -0.3 is 69.5 Å². The van der Waals surface area contributed by atoms with Crippen LogP contribution in [0.2, 0.25) is 0 Å². The molecule has 130 heavy (non-hydrogen) atoms. The summed E-state index contributed by atoms with van der Waals surface area (Å²) in [6.07, 6.45) is 5.14. The number of esters is 3. The van der Waals surface area contributed by atoms with Crippen LogP contribution in [0.3, 0.4) is 0 Å². The van der Waals surface area contributed by atoms with Crippen molar-refractivity contribution in [2.45, 2.75) is 278 Å². The number of rotatable bonds is 38. The average Bonchev–Trinajstić information content (AvgIpc) is 0.837. The molecule has 30 nitrogen and oxygen atoms in total. The molecular formula is C100H156N8O22. The summed E-state index contributed by atoms with van der Waals surface area (Å²) in [7, 11) is 0. The Labute approximate surface area is 773 Å². The second-order valence-electron chi connectivity index (χ2n) is 36.1. The van der Waals surface area contributed by atoms with Crippen molar-refractivity contribution in [2.24, 2.45) is 47.3 Å². The largest absolute Gasteiger partial charge is 0.489 e. The third-order valence-electron chi connectivity index (χ3n) is 19.2. The number of nitrogens with zero attached hydrogens (tertiary/aromatic N) is 2. The van der Waals surface area contributed by atoms with Gasteiger partial charge in [0, 0.05) is 46.9 Å². The van der Waals surface area contributed by atoms with Crippen molar-refractivity contribution in [1.29, 1.82) is 5.41 Å². The van der Waals surface area contributed by atoms with Crippen LogP contribution < -0.4 is 31.3 Å². The van der Waals surface area contributed by atoms with Crippen LogP contribution in [0.1, 0.15) is 226 Å². The standard InChI is InChI=1S/C34H41NO5.C17H25NO3.C11H14O2.C8H15NO3.C8H17NO.C7H14N2O3.C4H5NO3.C4H8O2.C4H10.C3H7N/c1-24(2)19-30(33(37)35-26(4)34(38)40-23-29-13-9-6-10-14-29)21-32(36)25(3)20-27-15-17-31(18-16-27)39-22-28-11-7-5-8-12-28;1-12(2)10-13(3)16(19)18-14(4)17(20)21-11-15-8-6-5-7-9-15;1-9(2)11(12)13-8-10-6-4-3-5-7-10;1-3-8(4-12-5-8)9-6(2)7(10)11;1-4-8(5-10-6-8)9-7(2)3;1-6(2)8-7(3-9(10)11)4-12-5-7;6-5(7)1-4-2-8-3-4;1-3(2)4(5)6;1-4(2)3;1-3(2)4/h5-18,24-26,30H,19-23H2,1-4H3,(H,35,37);5-9,12-14H,10-11H2,1-4H3,(H,18,19);3-7,9H,8H2,1-2H3;6,9H,3-5H2,1-2H3,(H,10,11);7,9H,4-6H2,1-3H3;6,8H,3-5H2,1-2H3;1H,2-3H2;3H,1-2H3,(H,5,6);4H,1-3H3;4H,1-2H3/t25-,26-,30+;13-,14-;;6-;;;;;;/m00.0....../s1. The third kappa shape index (κ3) is 57.1. The van der Waals surface area contributed by atoms with E-state index in [1.807, 2.05) is 208 Å². The number of Topliss-reactive ketones (excluding diaryl/α,β-unsaturated/α-hetero) is 1. The van der Waals surface area contributed by atoms with E-state index in [9.17, 15) is 58.6 Å². The Kier molecular flexibility index (Phi) is 61.0. The monoisotopic (exact) mass is 1820 g/mol. The summed E-state index contributed by atoms with van der Waals surface area (Å²) < 4.78 is 41.3. The number of hydrogen-bond acceptors (Lipinski definition) is 24. The zero-order chi connectivity index (χ0) is 98.7. The van der Waals surface area contributed by atoms with Crippen LogP contribution in [0, 0.1) is 73.0 Å². The van der Waals surface area contributed by atoms with Gasteiger partial charge in [0.25, 0.3) is 0 Å². The summed E-state index contributed by atoms with van der Waals surface area (Å²) in [4.78, 5) is 113. The van der Waals surface area contributed by atoms with Gasteiger partial charge in [-0.1, -0.05) is 265 Å². The maximum Gasteiger partial charge on any atom is 0.328 e. The fraction of sp³-hybridized carbons (Fsp3) is 0.590. The number of nitro groups is 2. The molecule has 4 aliphatic rings. The zero-order valence-corrected chi connectivity index (χ0v) is 81.8. The molecule has 4 aliphatic heterocycles. The molecule has 30 heteroatoms. The molecule has 0 saturated carbocycles. The molecule has 5 aromatic carbocycles. The first-order chi connectivity index (χ1) is 61.0. The number of nitrogens with one attached hydrogen (secondary N) is 6. The molecule has 5 aromatic rings. The first kappa shape index (κ1) is 120. The van der Waals surface area contributed by atoms with Gasteiger partial charge in [0.2, 0.25) is 24.6 Å². The first-order valence-electron chi connectivity index (χ1n) is 45.1. The fourth-order valence-electron chi connectivity index (χ4n) is 11.9. The van der Waals surface area contributed by atoms with Gasteiger partial charge in [0.1, 0.15) is 61.6 Å². The van der Waals surface area contributed by atoms with E-state index in [1.54, 1.807) is 48.5 Å². The lowest BCUT2D eigenvalue weighted by atomic mass is 9.86. The Morgan fingerprint density at radius 3 is 1.09 bits per heavy atom. The van der Waals surface area contributed by atoms with Crippen molar-refractivity contribution >= 4 is 53.2 Å². The van der Waals surface area contributed by atoms with Gasteiger partial charge in [0.05, 0.1) is 86.3 Å². The predicted octanol–water partition coefficient (Wildman–Crippen LogP) is 16.7. The van der Waals surface area contributed by atoms with Crippen LogP contribution >= 0.6 is 0 Å². The zero-order valence-electron chi connectivity index (χ0n) is 81.8. The maximum absolute atomic E-state index is 13.2. The first-order valence-corrected chi connectivity index (χ1v) is 45.1. The highest BCUT2D eigenvalue weighted by Crippen LogP contribution is 2.26. The number of aliphatic carboxylic acids is 2. The van der Waals surface area contributed by atoms with E-state index in [0.29, 0.717) is 88.9 Å². The molecule has 0 bridgehead atoms. The van der Waals surface area contributed by atoms with Gasteiger partial charge >= 0.3 is 29.8 Å². The van der Waals surface area contributed by atoms with Crippen LogP contribution in [0.4, 0.5) is 0 Å². The Bertz CT molecular complexity index is 4040. The summed E-state index contributed by atoms with van der Waals surface area (Å²) >= 11 is 0. The molecule has 0 radical (unpaired) electrons. The molecule has 6 atom stereocenters. The number of benzene rings is 5. The van der Waals surface area contributed by atoms with Crippen LogP contribution in [-0.2, 0) is 104 Å². The smallest absolute Gasteiger partial charge is 0.328 e. The van der Waals surface area contributed by atoms with Crippen molar-refractivity contribution in [3.8, 4) is 5.75 Å². The van der Waals surface area contributed by atoms with E-state index in [1.165, 1.54) is 6.42 Å². The van der Waals surface area contributed by atoms with Gasteiger partial charge in [-0.3, -0.25) is 59.6 Å². The SMILES string of the molecule is CC(C)=N.CC(C)C.CC(C)C(=O)O.CC(C)C(=O)OCc1ccccc1.CC(C)C[C@H](C)C(=O)N[C@@H](C)C(=O)OCc1ccccc1.CC(C)C[C@H](CC(=O)[C@@H](C)Cc1ccc(OCc2ccccc2)cc1)C(=O)N[C@@H](C)C(=O)OCc1ccccc1.CC(C)NC1(C[N+](=O)[O-])COC1.CCC1(NC(C)C)COC1.CCC1(N[C@@H](C)C(=O)O)COC1.O=[N+]([O-])C=C1COC1. The molecule has 728 valence electrons. The molecule has 4 fully saturated rings. The van der Waals surface area contributed by atoms with Gasteiger partial charge in [-0.25, -0.2) is 9.59 Å². The lowest BCUT2D eigenvalue weighted by Crippen LogP contribution is -2.65. The average molecular weight is 1820 g/mol. The van der Waals surface area contributed by atoms with Crippen molar-refractivity contribution in [1.82, 2.24) is 26.6 Å². The Morgan fingerprint density at radius 2 is 0.808 bits per heavy atom. The molecule has 4 saturated heterocycles. The summed E-state index contributed by atoms with van der Waals surface area (Å²) in [6.45, 7) is 52.3.